The summed E-state index contributed by atoms with van der Waals surface area (Å²) in [6, 6.07) is -1.06. The summed E-state index contributed by atoms with van der Waals surface area (Å²) in [5, 5.41) is 56.6. The lowest BCUT2D eigenvalue weighted by atomic mass is 9.99. The monoisotopic (exact) mass is 1010 g/mol. The number of rotatable bonds is 44. The van der Waals surface area contributed by atoms with Crippen LogP contribution in [0.5, 0.6) is 0 Å². The number of hydrogen-bond donors (Lipinski definition) is 6. The second kappa shape index (κ2) is 48.0. The van der Waals surface area contributed by atoms with Gasteiger partial charge in [0.05, 0.1) is 25.4 Å². The van der Waals surface area contributed by atoms with Gasteiger partial charge in [-0.1, -0.05) is 206 Å². The number of allylic oxidation sites excluding steroid dienone is 19. The number of hydrogen-bond acceptors (Lipinski definition) is 10. The minimum absolute atomic E-state index is 0.0115. The third-order valence-corrected chi connectivity index (χ3v) is 12.1. The molecule has 1 rings (SSSR count). The molecule has 0 aromatic carbocycles. The van der Waals surface area contributed by atoms with Gasteiger partial charge in [-0.3, -0.25) is 9.59 Å². The van der Waals surface area contributed by atoms with Crippen LogP contribution in [0.2, 0.25) is 0 Å². The molecule has 11 heteroatoms. The molecule has 1 heterocycles. The minimum atomic E-state index is -1.66. The Morgan fingerprint density at radius 1 is 0.556 bits per heavy atom. The van der Waals surface area contributed by atoms with Gasteiger partial charge in [-0.25, -0.2) is 0 Å². The molecule has 1 saturated heterocycles. The zero-order valence-corrected chi connectivity index (χ0v) is 44.7. The van der Waals surface area contributed by atoms with E-state index in [4.69, 9.17) is 14.2 Å². The third-order valence-electron chi connectivity index (χ3n) is 12.1. The van der Waals surface area contributed by atoms with Gasteiger partial charge in [0.2, 0.25) is 5.91 Å². The molecule has 1 aliphatic heterocycles. The van der Waals surface area contributed by atoms with Crippen molar-refractivity contribution in [2.24, 2.45) is 0 Å². The van der Waals surface area contributed by atoms with Crippen LogP contribution in [-0.4, -0.2) is 99.6 Å². The van der Waals surface area contributed by atoms with Gasteiger partial charge in [0, 0.05) is 6.42 Å². The smallest absolute Gasteiger partial charge is 0.306 e. The SMILES string of the molecule is CC/C=C\C/C=C\C/C=C\C/C=C\C/C=C\C/C=C\CCC(=O)OC1C(OCC(NC(=O)C(O)CCCCC/C=C/C/C=C/C/C=C/CC)C(O)/C=C/CCCCCCCCCCC)OC(CO)C(O)C1O. The van der Waals surface area contributed by atoms with Gasteiger partial charge in [0.15, 0.2) is 12.4 Å². The number of amides is 1. The zero-order valence-electron chi connectivity index (χ0n) is 44.7. The number of carbonyl (C=O) groups excluding carboxylic acids is 2. The third kappa shape index (κ3) is 36.1. The van der Waals surface area contributed by atoms with E-state index in [-0.39, 0.29) is 19.4 Å². The van der Waals surface area contributed by atoms with Gasteiger partial charge in [0.25, 0.3) is 0 Å². The summed E-state index contributed by atoms with van der Waals surface area (Å²) in [5.41, 5.74) is 0. The average Bonchev–Trinajstić information content (AvgIpc) is 3.38. The van der Waals surface area contributed by atoms with E-state index < -0.39 is 67.4 Å². The van der Waals surface area contributed by atoms with Crippen molar-refractivity contribution in [1.82, 2.24) is 5.32 Å². The number of aliphatic hydroxyl groups is 5. The quantitative estimate of drug-likeness (QED) is 0.0196. The van der Waals surface area contributed by atoms with Crippen LogP contribution >= 0.6 is 0 Å². The fraction of sp³-hybridized carbons (Fsp3) is 0.639. The van der Waals surface area contributed by atoms with Crippen LogP contribution in [0.4, 0.5) is 0 Å². The molecule has 6 N–H and O–H groups in total. The fourth-order valence-electron chi connectivity index (χ4n) is 7.75. The van der Waals surface area contributed by atoms with Crippen molar-refractivity contribution in [2.45, 2.75) is 237 Å². The molecule has 1 aliphatic rings. The normalized spacial score (nSPS) is 20.5. The molecule has 1 amide bonds. The molecule has 1 fully saturated rings. The van der Waals surface area contributed by atoms with Crippen LogP contribution < -0.4 is 5.32 Å². The lowest BCUT2D eigenvalue weighted by Crippen LogP contribution is -2.61. The Bertz CT molecular complexity index is 1630. The summed E-state index contributed by atoms with van der Waals surface area (Å²) in [6.07, 6.45) is 55.4. The summed E-state index contributed by atoms with van der Waals surface area (Å²) in [7, 11) is 0. The topological polar surface area (TPSA) is 175 Å². The van der Waals surface area contributed by atoms with Gasteiger partial charge in [0.1, 0.15) is 24.4 Å². The summed E-state index contributed by atoms with van der Waals surface area (Å²) < 4.78 is 17.4. The maximum absolute atomic E-state index is 13.3. The van der Waals surface area contributed by atoms with Crippen molar-refractivity contribution < 1.29 is 49.3 Å². The minimum Gasteiger partial charge on any atom is -0.454 e. The summed E-state index contributed by atoms with van der Waals surface area (Å²) in [4.78, 5) is 26.4. The van der Waals surface area contributed by atoms with E-state index in [1.54, 1.807) is 6.08 Å². The number of aliphatic hydroxyl groups excluding tert-OH is 5. The van der Waals surface area contributed by atoms with E-state index in [2.05, 4.69) is 123 Å². The average molecular weight is 1010 g/mol. The highest BCUT2D eigenvalue weighted by Crippen LogP contribution is 2.26. The maximum Gasteiger partial charge on any atom is 0.306 e. The van der Waals surface area contributed by atoms with Gasteiger partial charge in [-0.05, 0) is 96.3 Å². The van der Waals surface area contributed by atoms with Crippen LogP contribution in [-0.2, 0) is 23.8 Å². The highest BCUT2D eigenvalue weighted by Gasteiger charge is 2.47. The van der Waals surface area contributed by atoms with Crippen molar-refractivity contribution in [2.75, 3.05) is 13.2 Å². The number of ether oxygens (including phenoxy) is 3. The predicted octanol–water partition coefficient (Wildman–Crippen LogP) is 12.3. The molecule has 72 heavy (non-hydrogen) atoms. The molecule has 0 bridgehead atoms. The molecule has 11 nitrogen and oxygen atoms in total. The molecule has 0 aromatic rings. The van der Waals surface area contributed by atoms with Gasteiger partial charge < -0.3 is 45.1 Å². The zero-order chi connectivity index (χ0) is 52.5. The second-order valence-electron chi connectivity index (χ2n) is 18.5. The van der Waals surface area contributed by atoms with Crippen molar-refractivity contribution in [3.63, 3.8) is 0 Å². The standard InChI is InChI=1S/C61H99NO10/c1-4-7-10-13-16-19-22-24-25-26-27-28-29-31-34-37-40-43-46-49-56(66)72-59-58(68)57(67)55(50-63)71-61(59)70-51-52(53(64)47-44-41-38-35-32-21-18-15-12-9-6-3)62-60(69)54(65)48-45-42-39-36-33-30-23-20-17-14-11-8-5-2/h7-8,10-11,16-17,19-20,24-25,27-28,30-31,33-34,40,43-44,47,52-55,57-59,61,63-65,67-68H,4-6,9,12-15,18,21-23,26,29,32,35-39,41-42,45-46,48-51H2,1-3H3,(H,62,69)/b10-7-,11-8+,19-16-,20-17+,25-24-,28-27-,33-30+,34-31-,43-40-,47-44+. The van der Waals surface area contributed by atoms with Crippen LogP contribution in [0.15, 0.2) is 122 Å². The molecule has 0 spiro atoms. The van der Waals surface area contributed by atoms with E-state index in [0.29, 0.717) is 19.3 Å². The second-order valence-corrected chi connectivity index (χ2v) is 18.5. The Morgan fingerprint density at radius 3 is 1.50 bits per heavy atom. The van der Waals surface area contributed by atoms with E-state index in [0.717, 1.165) is 96.3 Å². The predicted molar refractivity (Wildman–Crippen MR) is 296 cm³/mol. The molecular formula is C61H99NO10. The van der Waals surface area contributed by atoms with Crippen LogP contribution in [0.1, 0.15) is 188 Å². The van der Waals surface area contributed by atoms with Gasteiger partial charge in [-0.2, -0.15) is 0 Å². The molecule has 0 aromatic heterocycles. The summed E-state index contributed by atoms with van der Waals surface area (Å²) >= 11 is 0. The Balaban J connectivity index is 2.80. The molecular weight excluding hydrogens is 907 g/mol. The first-order valence-corrected chi connectivity index (χ1v) is 27.8. The fourth-order valence-corrected chi connectivity index (χ4v) is 7.75. The molecule has 8 unspecified atom stereocenters. The number of esters is 1. The Labute approximate surface area is 436 Å². The maximum atomic E-state index is 13.3. The molecule has 0 radical (unpaired) electrons. The molecule has 8 atom stereocenters. The van der Waals surface area contributed by atoms with Crippen LogP contribution in [0, 0.1) is 0 Å². The van der Waals surface area contributed by atoms with E-state index in [1.807, 2.05) is 18.2 Å². The van der Waals surface area contributed by atoms with E-state index in [9.17, 15) is 35.1 Å². The summed E-state index contributed by atoms with van der Waals surface area (Å²) in [5.74, 6) is -1.32. The Morgan fingerprint density at radius 2 is 1.00 bits per heavy atom. The Kier molecular flexibility index (Phi) is 44.1. The van der Waals surface area contributed by atoms with Gasteiger partial charge >= 0.3 is 5.97 Å². The van der Waals surface area contributed by atoms with E-state index >= 15 is 0 Å². The number of carbonyl (C=O) groups is 2. The first-order valence-electron chi connectivity index (χ1n) is 27.8. The largest absolute Gasteiger partial charge is 0.454 e. The van der Waals surface area contributed by atoms with E-state index in [1.165, 1.54) is 38.5 Å². The Hall–Kier alpha value is -3.94. The van der Waals surface area contributed by atoms with Crippen molar-refractivity contribution in [3.05, 3.63) is 122 Å². The number of nitrogens with one attached hydrogen (secondary N) is 1. The van der Waals surface area contributed by atoms with Crippen LogP contribution in [0.25, 0.3) is 0 Å². The summed E-state index contributed by atoms with van der Waals surface area (Å²) in [6.45, 7) is 5.46. The molecule has 408 valence electrons. The van der Waals surface area contributed by atoms with Crippen molar-refractivity contribution >= 4 is 11.9 Å². The highest BCUT2D eigenvalue weighted by molar-refractivity contribution is 5.80. The van der Waals surface area contributed by atoms with Crippen molar-refractivity contribution in [3.8, 4) is 0 Å². The van der Waals surface area contributed by atoms with Gasteiger partial charge in [-0.15, -0.1) is 0 Å². The molecule has 0 saturated carbocycles. The van der Waals surface area contributed by atoms with Crippen LogP contribution in [0.3, 0.4) is 0 Å². The first-order chi connectivity index (χ1) is 35.2. The molecule has 0 aliphatic carbocycles. The number of unbranched alkanes of at least 4 members (excludes halogenated alkanes) is 12. The first kappa shape index (κ1) is 66.1. The lowest BCUT2D eigenvalue weighted by Gasteiger charge is -2.41. The van der Waals surface area contributed by atoms with Crippen molar-refractivity contribution in [1.29, 1.82) is 0 Å². The lowest BCUT2D eigenvalue weighted by molar-refractivity contribution is -0.305. The highest BCUT2D eigenvalue weighted by atomic mass is 16.7.